The Morgan fingerprint density at radius 2 is 2.00 bits per heavy atom. The van der Waals surface area contributed by atoms with E-state index in [2.05, 4.69) is 53.5 Å². The highest BCUT2D eigenvalue weighted by Crippen LogP contribution is 2.23. The predicted octanol–water partition coefficient (Wildman–Crippen LogP) is 3.21. The number of nitrogens with zero attached hydrogens (tertiary/aromatic N) is 3. The summed E-state index contributed by atoms with van der Waals surface area (Å²) in [4.78, 5) is 4.28. The molecule has 2 rings (SSSR count). The molecule has 0 bridgehead atoms. The standard InChI is InChI=1S/C16H24N4S/c1-4-10-17-15(11-21-16-18-12-19-20(16)3)14-8-6-13(5-2)7-9-14/h6-9,12,15,17H,4-5,10-11H2,1-3H3. The second-order valence-corrected chi connectivity index (χ2v) is 6.07. The first-order valence-electron chi connectivity index (χ1n) is 7.53. The van der Waals surface area contributed by atoms with Crippen LogP contribution >= 0.6 is 11.8 Å². The van der Waals surface area contributed by atoms with E-state index in [1.165, 1.54) is 11.1 Å². The lowest BCUT2D eigenvalue weighted by atomic mass is 10.0. The van der Waals surface area contributed by atoms with Crippen molar-refractivity contribution in [3.63, 3.8) is 0 Å². The van der Waals surface area contributed by atoms with E-state index in [0.29, 0.717) is 6.04 Å². The van der Waals surface area contributed by atoms with Gasteiger partial charge in [-0.3, -0.25) is 0 Å². The zero-order chi connectivity index (χ0) is 15.1. The van der Waals surface area contributed by atoms with E-state index in [9.17, 15) is 0 Å². The van der Waals surface area contributed by atoms with E-state index in [1.54, 1.807) is 18.1 Å². The third-order valence-corrected chi connectivity index (χ3v) is 4.61. The van der Waals surface area contributed by atoms with Crippen LogP contribution in [0.25, 0.3) is 0 Å². The number of hydrogen-bond donors (Lipinski definition) is 1. The topological polar surface area (TPSA) is 42.7 Å². The second-order valence-electron chi connectivity index (χ2n) is 5.08. The van der Waals surface area contributed by atoms with E-state index >= 15 is 0 Å². The molecule has 0 amide bonds. The summed E-state index contributed by atoms with van der Waals surface area (Å²) in [5, 5.41) is 8.70. The van der Waals surface area contributed by atoms with Gasteiger partial charge in [0.15, 0.2) is 5.16 Å². The molecule has 0 aliphatic carbocycles. The summed E-state index contributed by atoms with van der Waals surface area (Å²) >= 11 is 1.74. The highest BCUT2D eigenvalue weighted by atomic mass is 32.2. The molecule has 2 aromatic rings. The van der Waals surface area contributed by atoms with Crippen LogP contribution in [0.2, 0.25) is 0 Å². The molecule has 0 aliphatic rings. The van der Waals surface area contributed by atoms with Gasteiger partial charge in [-0.05, 0) is 30.5 Å². The van der Waals surface area contributed by atoms with Crippen LogP contribution in [0.3, 0.4) is 0 Å². The summed E-state index contributed by atoms with van der Waals surface area (Å²) in [7, 11) is 1.93. The first-order chi connectivity index (χ1) is 10.2. The smallest absolute Gasteiger partial charge is 0.185 e. The van der Waals surface area contributed by atoms with E-state index in [4.69, 9.17) is 0 Å². The molecule has 114 valence electrons. The Bertz CT molecular complexity index is 535. The molecule has 1 aromatic heterocycles. The van der Waals surface area contributed by atoms with Gasteiger partial charge in [0.1, 0.15) is 6.33 Å². The molecule has 5 heteroatoms. The largest absolute Gasteiger partial charge is 0.309 e. The summed E-state index contributed by atoms with van der Waals surface area (Å²) in [5.74, 6) is 0.956. The number of thioether (sulfide) groups is 1. The fourth-order valence-corrected chi connectivity index (χ4v) is 3.13. The molecule has 0 aliphatic heterocycles. The molecule has 1 N–H and O–H groups in total. The van der Waals surface area contributed by atoms with E-state index in [1.807, 2.05) is 11.7 Å². The summed E-state index contributed by atoms with van der Waals surface area (Å²) in [6.07, 6.45) is 3.83. The highest BCUT2D eigenvalue weighted by Gasteiger charge is 2.13. The van der Waals surface area contributed by atoms with Gasteiger partial charge in [0.2, 0.25) is 0 Å². The Kier molecular flexibility index (Phi) is 6.26. The third-order valence-electron chi connectivity index (χ3n) is 3.48. The third kappa shape index (κ3) is 4.58. The van der Waals surface area contributed by atoms with Crippen LogP contribution in [-0.4, -0.2) is 27.1 Å². The van der Waals surface area contributed by atoms with Crippen LogP contribution in [0, 0.1) is 0 Å². The Hall–Kier alpha value is -1.33. The number of benzene rings is 1. The fourth-order valence-electron chi connectivity index (χ4n) is 2.15. The summed E-state index contributed by atoms with van der Waals surface area (Å²) in [5.41, 5.74) is 2.73. The molecule has 0 saturated heterocycles. The van der Waals surface area contributed by atoms with Crippen molar-refractivity contribution in [2.75, 3.05) is 12.3 Å². The molecule has 1 heterocycles. The van der Waals surface area contributed by atoms with Crippen molar-refractivity contribution in [3.8, 4) is 0 Å². The van der Waals surface area contributed by atoms with Gasteiger partial charge in [-0.15, -0.1) is 0 Å². The average Bonchev–Trinajstić information content (AvgIpc) is 2.93. The summed E-state index contributed by atoms with van der Waals surface area (Å²) < 4.78 is 1.82. The lowest BCUT2D eigenvalue weighted by Gasteiger charge is -2.18. The molecule has 21 heavy (non-hydrogen) atoms. The van der Waals surface area contributed by atoms with Crippen molar-refractivity contribution in [3.05, 3.63) is 41.7 Å². The molecule has 0 saturated carbocycles. The van der Waals surface area contributed by atoms with Gasteiger partial charge in [-0.2, -0.15) is 5.10 Å². The summed E-state index contributed by atoms with van der Waals surface area (Å²) in [6, 6.07) is 9.27. The normalized spacial score (nSPS) is 12.5. The van der Waals surface area contributed by atoms with Crippen molar-refractivity contribution in [2.45, 2.75) is 37.9 Å². The van der Waals surface area contributed by atoms with Gasteiger partial charge in [-0.1, -0.05) is 49.9 Å². The van der Waals surface area contributed by atoms with Crippen molar-refractivity contribution in [1.29, 1.82) is 0 Å². The predicted molar refractivity (Wildman–Crippen MR) is 88.6 cm³/mol. The van der Waals surface area contributed by atoms with Gasteiger partial charge in [0.05, 0.1) is 0 Å². The maximum absolute atomic E-state index is 4.28. The molecule has 0 spiro atoms. The minimum Gasteiger partial charge on any atom is -0.309 e. The van der Waals surface area contributed by atoms with Gasteiger partial charge in [-0.25, -0.2) is 9.67 Å². The van der Waals surface area contributed by atoms with Crippen LogP contribution in [0.5, 0.6) is 0 Å². The molecule has 1 aromatic carbocycles. The van der Waals surface area contributed by atoms with Crippen LogP contribution in [0.1, 0.15) is 37.4 Å². The molecule has 1 atom stereocenters. The molecule has 1 unspecified atom stereocenters. The molecular formula is C16H24N4S. The maximum Gasteiger partial charge on any atom is 0.185 e. The van der Waals surface area contributed by atoms with Crippen molar-refractivity contribution in [2.24, 2.45) is 7.05 Å². The lowest BCUT2D eigenvalue weighted by molar-refractivity contribution is 0.576. The van der Waals surface area contributed by atoms with Gasteiger partial charge in [0, 0.05) is 18.8 Å². The lowest BCUT2D eigenvalue weighted by Crippen LogP contribution is -2.24. The quantitative estimate of drug-likeness (QED) is 0.761. The van der Waals surface area contributed by atoms with Crippen molar-refractivity contribution >= 4 is 11.8 Å². The zero-order valence-electron chi connectivity index (χ0n) is 13.0. The van der Waals surface area contributed by atoms with Crippen LogP contribution in [0.15, 0.2) is 35.7 Å². The van der Waals surface area contributed by atoms with Gasteiger partial charge < -0.3 is 5.32 Å². The molecule has 4 nitrogen and oxygen atoms in total. The van der Waals surface area contributed by atoms with E-state index in [-0.39, 0.29) is 0 Å². The first-order valence-corrected chi connectivity index (χ1v) is 8.52. The molecule has 0 fully saturated rings. The molecule has 0 radical (unpaired) electrons. The molecular weight excluding hydrogens is 280 g/mol. The van der Waals surface area contributed by atoms with E-state index in [0.717, 1.165) is 30.3 Å². The number of rotatable bonds is 8. The van der Waals surface area contributed by atoms with Crippen molar-refractivity contribution in [1.82, 2.24) is 20.1 Å². The van der Waals surface area contributed by atoms with Crippen molar-refractivity contribution < 1.29 is 0 Å². The fraction of sp³-hybridized carbons (Fsp3) is 0.500. The maximum atomic E-state index is 4.28. The van der Waals surface area contributed by atoms with Gasteiger partial charge >= 0.3 is 0 Å². The second kappa shape index (κ2) is 8.20. The van der Waals surface area contributed by atoms with Crippen LogP contribution in [0.4, 0.5) is 0 Å². The number of nitrogens with one attached hydrogen (secondary N) is 1. The number of aryl methyl sites for hydroxylation is 2. The monoisotopic (exact) mass is 304 g/mol. The number of aromatic nitrogens is 3. The minimum absolute atomic E-state index is 0.345. The highest BCUT2D eigenvalue weighted by molar-refractivity contribution is 7.99. The SMILES string of the molecule is CCCNC(CSc1ncnn1C)c1ccc(CC)cc1. The average molecular weight is 304 g/mol. The van der Waals surface area contributed by atoms with Gasteiger partial charge in [0.25, 0.3) is 0 Å². The Morgan fingerprint density at radius 3 is 2.57 bits per heavy atom. The van der Waals surface area contributed by atoms with E-state index < -0.39 is 0 Å². The number of hydrogen-bond acceptors (Lipinski definition) is 4. The Balaban J connectivity index is 2.04. The van der Waals surface area contributed by atoms with Crippen LogP contribution in [-0.2, 0) is 13.5 Å². The zero-order valence-corrected chi connectivity index (χ0v) is 13.9. The first kappa shape index (κ1) is 16.0. The Morgan fingerprint density at radius 1 is 1.24 bits per heavy atom. The summed E-state index contributed by atoms with van der Waals surface area (Å²) in [6.45, 7) is 5.41. The van der Waals surface area contributed by atoms with Crippen LogP contribution < -0.4 is 5.32 Å². The minimum atomic E-state index is 0.345. The Labute approximate surface area is 131 Å².